The Labute approximate surface area is 71.4 Å². The highest BCUT2D eigenvalue weighted by Crippen LogP contribution is 2.21. The number of rotatable bonds is 1. The molecular formula is C8H11ClN2. The Balaban J connectivity index is 3.21. The van der Waals surface area contributed by atoms with Gasteiger partial charge in [-0.25, -0.2) is 4.98 Å². The maximum atomic E-state index is 5.83. The van der Waals surface area contributed by atoms with Crippen LogP contribution < -0.4 is 5.73 Å². The summed E-state index contributed by atoms with van der Waals surface area (Å²) in [5.41, 5.74) is 7.73. The van der Waals surface area contributed by atoms with Crippen molar-refractivity contribution in [2.24, 2.45) is 5.73 Å². The SMILES string of the molecule is Cc1ccnc(Cl)c1[C@H](C)N. The number of pyridine rings is 1. The van der Waals surface area contributed by atoms with Gasteiger partial charge in [-0.1, -0.05) is 11.6 Å². The number of halogens is 1. The maximum Gasteiger partial charge on any atom is 0.134 e. The Hall–Kier alpha value is -0.600. The lowest BCUT2D eigenvalue weighted by molar-refractivity contribution is 0.803. The minimum Gasteiger partial charge on any atom is -0.324 e. The summed E-state index contributed by atoms with van der Waals surface area (Å²) in [4.78, 5) is 3.95. The molecule has 11 heavy (non-hydrogen) atoms. The molecule has 1 aromatic heterocycles. The summed E-state index contributed by atoms with van der Waals surface area (Å²) in [6, 6.07) is 1.86. The Morgan fingerprint density at radius 2 is 2.27 bits per heavy atom. The Kier molecular flexibility index (Phi) is 2.47. The van der Waals surface area contributed by atoms with Gasteiger partial charge >= 0.3 is 0 Å². The second-order valence-corrected chi connectivity index (χ2v) is 2.98. The first-order valence-electron chi connectivity index (χ1n) is 3.49. The van der Waals surface area contributed by atoms with Crippen LogP contribution in [0.4, 0.5) is 0 Å². The topological polar surface area (TPSA) is 38.9 Å². The number of aryl methyl sites for hydroxylation is 1. The Morgan fingerprint density at radius 3 is 2.64 bits per heavy atom. The first-order chi connectivity index (χ1) is 5.13. The maximum absolute atomic E-state index is 5.83. The zero-order valence-corrected chi connectivity index (χ0v) is 7.39. The third-order valence-electron chi connectivity index (χ3n) is 1.61. The standard InChI is InChI=1S/C8H11ClN2/c1-5-3-4-11-8(9)7(5)6(2)10/h3-4,6H,10H2,1-2H3/t6-/m0/s1. The van der Waals surface area contributed by atoms with E-state index in [1.165, 1.54) is 0 Å². The van der Waals surface area contributed by atoms with E-state index in [0.717, 1.165) is 11.1 Å². The van der Waals surface area contributed by atoms with E-state index < -0.39 is 0 Å². The Morgan fingerprint density at radius 1 is 1.64 bits per heavy atom. The van der Waals surface area contributed by atoms with Crippen LogP contribution in [-0.2, 0) is 0 Å². The van der Waals surface area contributed by atoms with Gasteiger partial charge in [-0.05, 0) is 25.5 Å². The van der Waals surface area contributed by atoms with Gasteiger partial charge in [0, 0.05) is 17.8 Å². The van der Waals surface area contributed by atoms with Crippen LogP contribution in [0.5, 0.6) is 0 Å². The van der Waals surface area contributed by atoms with E-state index in [-0.39, 0.29) is 6.04 Å². The summed E-state index contributed by atoms with van der Waals surface area (Å²) >= 11 is 5.83. The molecule has 0 fully saturated rings. The first-order valence-corrected chi connectivity index (χ1v) is 3.87. The molecule has 2 N–H and O–H groups in total. The molecule has 0 unspecified atom stereocenters. The minimum absolute atomic E-state index is 0.0452. The highest BCUT2D eigenvalue weighted by atomic mass is 35.5. The summed E-state index contributed by atoms with van der Waals surface area (Å²) in [7, 11) is 0. The highest BCUT2D eigenvalue weighted by Gasteiger charge is 2.08. The molecular weight excluding hydrogens is 160 g/mol. The van der Waals surface area contributed by atoms with Crippen molar-refractivity contribution in [1.82, 2.24) is 4.98 Å². The molecule has 0 aliphatic carbocycles. The quantitative estimate of drug-likeness (QED) is 0.656. The van der Waals surface area contributed by atoms with Crippen LogP contribution in [0.1, 0.15) is 24.1 Å². The fourth-order valence-corrected chi connectivity index (χ4v) is 1.46. The predicted molar refractivity (Wildman–Crippen MR) is 46.6 cm³/mol. The van der Waals surface area contributed by atoms with E-state index in [9.17, 15) is 0 Å². The molecule has 0 aromatic carbocycles. The van der Waals surface area contributed by atoms with Gasteiger partial charge in [0.1, 0.15) is 5.15 Å². The van der Waals surface area contributed by atoms with Crippen LogP contribution in [-0.4, -0.2) is 4.98 Å². The lowest BCUT2D eigenvalue weighted by Crippen LogP contribution is -2.08. The molecule has 3 heteroatoms. The third-order valence-corrected chi connectivity index (χ3v) is 1.92. The fourth-order valence-electron chi connectivity index (χ4n) is 1.08. The Bertz CT molecular complexity index is 238. The number of hydrogen-bond donors (Lipinski definition) is 1. The molecule has 0 aliphatic rings. The van der Waals surface area contributed by atoms with Gasteiger partial charge in [0.15, 0.2) is 0 Å². The summed E-state index contributed by atoms with van der Waals surface area (Å²) in [6.45, 7) is 3.88. The predicted octanol–water partition coefficient (Wildman–Crippen LogP) is 2.06. The lowest BCUT2D eigenvalue weighted by Gasteiger charge is -2.09. The summed E-state index contributed by atoms with van der Waals surface area (Å²) < 4.78 is 0. The molecule has 1 rings (SSSR count). The van der Waals surface area contributed by atoms with E-state index in [4.69, 9.17) is 17.3 Å². The number of aromatic nitrogens is 1. The van der Waals surface area contributed by atoms with Crippen molar-refractivity contribution in [3.8, 4) is 0 Å². The molecule has 0 saturated heterocycles. The normalized spacial score (nSPS) is 13.1. The second kappa shape index (κ2) is 3.20. The molecule has 1 atom stereocenters. The van der Waals surface area contributed by atoms with Crippen molar-refractivity contribution in [2.45, 2.75) is 19.9 Å². The molecule has 2 nitrogen and oxygen atoms in total. The molecule has 0 spiro atoms. The van der Waals surface area contributed by atoms with Crippen LogP contribution in [0, 0.1) is 6.92 Å². The molecule has 0 aliphatic heterocycles. The van der Waals surface area contributed by atoms with E-state index in [0.29, 0.717) is 5.15 Å². The van der Waals surface area contributed by atoms with Gasteiger partial charge < -0.3 is 5.73 Å². The fraction of sp³-hybridized carbons (Fsp3) is 0.375. The van der Waals surface area contributed by atoms with E-state index in [1.54, 1.807) is 6.20 Å². The van der Waals surface area contributed by atoms with Gasteiger partial charge in [-0.3, -0.25) is 0 Å². The average molecular weight is 171 g/mol. The van der Waals surface area contributed by atoms with Gasteiger partial charge in [0.05, 0.1) is 0 Å². The minimum atomic E-state index is -0.0452. The molecule has 0 saturated carbocycles. The lowest BCUT2D eigenvalue weighted by atomic mass is 10.1. The monoisotopic (exact) mass is 170 g/mol. The van der Waals surface area contributed by atoms with Gasteiger partial charge in [0.2, 0.25) is 0 Å². The van der Waals surface area contributed by atoms with Crippen LogP contribution >= 0.6 is 11.6 Å². The number of hydrogen-bond acceptors (Lipinski definition) is 2. The highest BCUT2D eigenvalue weighted by molar-refractivity contribution is 6.30. The van der Waals surface area contributed by atoms with E-state index >= 15 is 0 Å². The number of nitrogens with two attached hydrogens (primary N) is 1. The van der Waals surface area contributed by atoms with Crippen molar-refractivity contribution in [1.29, 1.82) is 0 Å². The summed E-state index contributed by atoms with van der Waals surface area (Å²) in [6.07, 6.45) is 1.68. The van der Waals surface area contributed by atoms with Crippen LogP contribution in [0.15, 0.2) is 12.3 Å². The van der Waals surface area contributed by atoms with Crippen molar-refractivity contribution in [2.75, 3.05) is 0 Å². The first kappa shape index (κ1) is 8.50. The average Bonchev–Trinajstić information content (AvgIpc) is 1.85. The third kappa shape index (κ3) is 1.70. The molecule has 60 valence electrons. The van der Waals surface area contributed by atoms with Crippen molar-refractivity contribution in [3.05, 3.63) is 28.5 Å². The molecule has 1 aromatic rings. The molecule has 1 heterocycles. The largest absolute Gasteiger partial charge is 0.324 e. The van der Waals surface area contributed by atoms with Crippen LogP contribution in [0.3, 0.4) is 0 Å². The molecule has 0 bridgehead atoms. The zero-order chi connectivity index (χ0) is 8.43. The molecule has 0 radical (unpaired) electrons. The van der Waals surface area contributed by atoms with E-state index in [1.807, 2.05) is 19.9 Å². The van der Waals surface area contributed by atoms with Crippen LogP contribution in [0.25, 0.3) is 0 Å². The molecule has 0 amide bonds. The smallest absolute Gasteiger partial charge is 0.134 e. The zero-order valence-electron chi connectivity index (χ0n) is 6.63. The van der Waals surface area contributed by atoms with E-state index in [2.05, 4.69) is 4.98 Å². The van der Waals surface area contributed by atoms with Crippen molar-refractivity contribution in [3.63, 3.8) is 0 Å². The van der Waals surface area contributed by atoms with Gasteiger partial charge in [0.25, 0.3) is 0 Å². The summed E-state index contributed by atoms with van der Waals surface area (Å²) in [5.74, 6) is 0. The number of nitrogens with zero attached hydrogens (tertiary/aromatic N) is 1. The van der Waals surface area contributed by atoms with Crippen molar-refractivity contribution >= 4 is 11.6 Å². The van der Waals surface area contributed by atoms with Crippen LogP contribution in [0.2, 0.25) is 5.15 Å². The van der Waals surface area contributed by atoms with Gasteiger partial charge in [-0.15, -0.1) is 0 Å². The van der Waals surface area contributed by atoms with Crippen molar-refractivity contribution < 1.29 is 0 Å². The van der Waals surface area contributed by atoms with Gasteiger partial charge in [-0.2, -0.15) is 0 Å². The second-order valence-electron chi connectivity index (χ2n) is 2.62. The summed E-state index contributed by atoms with van der Waals surface area (Å²) in [5, 5.41) is 0.514.